The quantitative estimate of drug-likeness (QED) is 0.566. The first-order valence-electron chi connectivity index (χ1n) is 13.2. The SMILES string of the molecule is CCOC(=O)C[C@@H]1C(=O)[C@H](CC(=O)OCC)[C@H]2N[C@@H]1c1ccccc1OCCOCCOc1ccccc12. The van der Waals surface area contributed by atoms with E-state index in [4.69, 9.17) is 23.7 Å². The first kappa shape index (κ1) is 27.6. The fourth-order valence-corrected chi connectivity index (χ4v) is 5.14. The van der Waals surface area contributed by atoms with Crippen molar-refractivity contribution in [2.75, 3.05) is 39.6 Å². The fourth-order valence-electron chi connectivity index (χ4n) is 5.14. The van der Waals surface area contributed by atoms with Gasteiger partial charge in [0.05, 0.1) is 39.3 Å². The molecule has 38 heavy (non-hydrogen) atoms. The average Bonchev–Trinajstić information content (AvgIpc) is 2.91. The number of benzene rings is 2. The summed E-state index contributed by atoms with van der Waals surface area (Å²) in [6.07, 6.45) is -0.266. The summed E-state index contributed by atoms with van der Waals surface area (Å²) in [6.45, 7) is 5.22. The first-order valence-corrected chi connectivity index (χ1v) is 13.2. The van der Waals surface area contributed by atoms with Gasteiger partial charge in [-0.1, -0.05) is 36.4 Å². The second kappa shape index (κ2) is 13.4. The number of ketones is 1. The number of carbonyl (C=O) groups excluding carboxylic acids is 3. The van der Waals surface area contributed by atoms with Gasteiger partial charge in [-0.05, 0) is 26.0 Å². The Hall–Kier alpha value is -3.43. The molecule has 9 heteroatoms. The number of piperidine rings is 1. The molecule has 4 atom stereocenters. The Morgan fingerprint density at radius 2 is 1.21 bits per heavy atom. The van der Waals surface area contributed by atoms with Crippen LogP contribution >= 0.6 is 0 Å². The maximum Gasteiger partial charge on any atom is 0.306 e. The summed E-state index contributed by atoms with van der Waals surface area (Å²) < 4.78 is 28.2. The van der Waals surface area contributed by atoms with Crippen LogP contribution in [0.1, 0.15) is 49.9 Å². The smallest absolute Gasteiger partial charge is 0.306 e. The molecular formula is C29H35NO8. The van der Waals surface area contributed by atoms with Crippen molar-refractivity contribution < 1.29 is 38.1 Å². The molecule has 1 N–H and O–H groups in total. The Balaban J connectivity index is 1.83. The van der Waals surface area contributed by atoms with Crippen LogP contribution in [0.5, 0.6) is 11.5 Å². The zero-order chi connectivity index (χ0) is 26.9. The molecule has 2 aliphatic heterocycles. The third-order valence-corrected chi connectivity index (χ3v) is 6.76. The molecule has 2 bridgehead atoms. The zero-order valence-corrected chi connectivity index (χ0v) is 21.9. The van der Waals surface area contributed by atoms with Crippen LogP contribution in [-0.2, 0) is 28.6 Å². The molecule has 0 amide bonds. The van der Waals surface area contributed by atoms with Gasteiger partial charge in [-0.3, -0.25) is 14.4 Å². The molecule has 0 aliphatic carbocycles. The van der Waals surface area contributed by atoms with Crippen LogP contribution in [0.15, 0.2) is 48.5 Å². The summed E-state index contributed by atoms with van der Waals surface area (Å²) in [7, 11) is 0. The van der Waals surface area contributed by atoms with Gasteiger partial charge in [-0.15, -0.1) is 0 Å². The van der Waals surface area contributed by atoms with Crippen LogP contribution in [0.4, 0.5) is 0 Å². The Bertz CT molecular complexity index is 1040. The van der Waals surface area contributed by atoms with Gasteiger partial charge in [0.25, 0.3) is 0 Å². The Kier molecular flexibility index (Phi) is 9.73. The number of rotatable bonds is 6. The molecule has 0 aromatic heterocycles. The van der Waals surface area contributed by atoms with Crippen LogP contribution in [0.2, 0.25) is 0 Å². The van der Waals surface area contributed by atoms with E-state index in [0.717, 1.165) is 11.1 Å². The highest BCUT2D eigenvalue weighted by atomic mass is 16.5. The number of fused-ring (bicyclic) bond motifs is 6. The predicted octanol–water partition coefficient (Wildman–Crippen LogP) is 3.57. The maximum absolute atomic E-state index is 14.2. The Labute approximate surface area is 222 Å². The topological polar surface area (TPSA) is 109 Å². The molecule has 1 saturated heterocycles. The van der Waals surface area contributed by atoms with Gasteiger partial charge >= 0.3 is 11.9 Å². The highest BCUT2D eigenvalue weighted by molar-refractivity contribution is 5.92. The van der Waals surface area contributed by atoms with Crippen LogP contribution in [0.3, 0.4) is 0 Å². The molecule has 4 rings (SSSR count). The molecule has 0 radical (unpaired) electrons. The second-order valence-electron chi connectivity index (χ2n) is 9.14. The molecular weight excluding hydrogens is 490 g/mol. The molecule has 2 aromatic carbocycles. The normalized spacial score (nSPS) is 23.5. The van der Waals surface area contributed by atoms with Gasteiger partial charge < -0.3 is 29.0 Å². The molecule has 1 fully saturated rings. The van der Waals surface area contributed by atoms with Gasteiger partial charge in [0, 0.05) is 35.0 Å². The lowest BCUT2D eigenvalue weighted by molar-refractivity contribution is -0.151. The Morgan fingerprint density at radius 1 is 0.763 bits per heavy atom. The highest BCUT2D eigenvalue weighted by Crippen LogP contribution is 2.45. The lowest BCUT2D eigenvalue weighted by Gasteiger charge is -2.42. The number of esters is 2. The minimum absolute atomic E-state index is 0.133. The van der Waals surface area contributed by atoms with E-state index in [1.807, 2.05) is 48.5 Å². The van der Waals surface area contributed by atoms with Crippen LogP contribution in [-0.4, -0.2) is 57.4 Å². The molecule has 0 saturated carbocycles. The predicted molar refractivity (Wildman–Crippen MR) is 138 cm³/mol. The molecule has 2 aliphatic rings. The van der Waals surface area contributed by atoms with Gasteiger partial charge in [0.2, 0.25) is 0 Å². The molecule has 9 nitrogen and oxygen atoms in total. The molecule has 204 valence electrons. The minimum atomic E-state index is -0.785. The second-order valence-corrected chi connectivity index (χ2v) is 9.14. The van der Waals surface area contributed by atoms with Crippen molar-refractivity contribution in [2.45, 2.75) is 38.8 Å². The third-order valence-electron chi connectivity index (χ3n) is 6.76. The highest BCUT2D eigenvalue weighted by Gasteiger charge is 2.47. The van der Waals surface area contributed by atoms with E-state index in [1.165, 1.54) is 0 Å². The monoisotopic (exact) mass is 525 g/mol. The van der Waals surface area contributed by atoms with Crippen molar-refractivity contribution in [2.24, 2.45) is 11.8 Å². The van der Waals surface area contributed by atoms with E-state index in [1.54, 1.807) is 13.8 Å². The van der Waals surface area contributed by atoms with Crippen molar-refractivity contribution in [3.05, 3.63) is 59.7 Å². The van der Waals surface area contributed by atoms with Crippen LogP contribution < -0.4 is 14.8 Å². The number of Topliss-reactive ketones (excluding diaryl/α,β-unsaturated/α-hetero) is 1. The van der Waals surface area contributed by atoms with Crippen molar-refractivity contribution in [1.82, 2.24) is 5.32 Å². The lowest BCUT2D eigenvalue weighted by Crippen LogP contribution is -2.50. The van der Waals surface area contributed by atoms with Crippen molar-refractivity contribution in [3.8, 4) is 11.5 Å². The number of hydrogen-bond acceptors (Lipinski definition) is 9. The number of carbonyl (C=O) groups is 3. The summed E-state index contributed by atoms with van der Waals surface area (Å²) in [6, 6.07) is 13.7. The number of para-hydroxylation sites is 2. The van der Waals surface area contributed by atoms with Crippen molar-refractivity contribution >= 4 is 17.7 Å². The Morgan fingerprint density at radius 3 is 1.66 bits per heavy atom. The van der Waals surface area contributed by atoms with Crippen LogP contribution in [0, 0.1) is 11.8 Å². The lowest BCUT2D eigenvalue weighted by atomic mass is 9.72. The van der Waals surface area contributed by atoms with E-state index in [2.05, 4.69) is 5.32 Å². The largest absolute Gasteiger partial charge is 0.491 e. The van der Waals surface area contributed by atoms with Crippen LogP contribution in [0.25, 0.3) is 0 Å². The first-order chi connectivity index (χ1) is 18.5. The number of nitrogens with one attached hydrogen (secondary N) is 1. The van der Waals surface area contributed by atoms with E-state index < -0.39 is 35.9 Å². The average molecular weight is 526 g/mol. The molecule has 0 unspecified atom stereocenters. The van der Waals surface area contributed by atoms with Gasteiger partial charge in [-0.2, -0.15) is 0 Å². The van der Waals surface area contributed by atoms with Crippen molar-refractivity contribution in [3.63, 3.8) is 0 Å². The fraction of sp³-hybridized carbons (Fsp3) is 0.483. The van der Waals surface area contributed by atoms with Gasteiger partial charge in [0.1, 0.15) is 30.5 Å². The van der Waals surface area contributed by atoms with E-state index in [-0.39, 0.29) is 31.8 Å². The number of ether oxygens (including phenoxy) is 5. The summed E-state index contributed by atoms with van der Waals surface area (Å²) in [5.74, 6) is -1.54. The van der Waals surface area contributed by atoms with Gasteiger partial charge in [0.15, 0.2) is 0 Å². The van der Waals surface area contributed by atoms with Crippen molar-refractivity contribution in [1.29, 1.82) is 0 Å². The molecule has 0 spiro atoms. The summed E-state index contributed by atoms with van der Waals surface area (Å²) in [5.41, 5.74) is 1.48. The summed E-state index contributed by atoms with van der Waals surface area (Å²) in [4.78, 5) is 39.5. The molecule has 2 aromatic rings. The minimum Gasteiger partial charge on any atom is -0.491 e. The summed E-state index contributed by atoms with van der Waals surface area (Å²) in [5, 5.41) is 3.62. The van der Waals surface area contributed by atoms with E-state index in [9.17, 15) is 14.4 Å². The van der Waals surface area contributed by atoms with E-state index in [0.29, 0.717) is 37.9 Å². The van der Waals surface area contributed by atoms with E-state index >= 15 is 0 Å². The third kappa shape index (κ3) is 6.52. The zero-order valence-electron chi connectivity index (χ0n) is 21.9. The molecule has 2 heterocycles. The standard InChI is InChI=1S/C29H35NO8/c1-3-35-25(31)17-21-27-19-9-5-7-11-23(19)37-15-13-34-14-16-38-24-12-8-6-10-20(24)28(30-27)22(29(21)33)18-26(32)36-4-2/h5-12,21-22,27-28,30H,3-4,13-18H2,1-2H3/t21-,22+,27+,28-. The number of hydrogen-bond donors (Lipinski definition) is 1. The summed E-state index contributed by atoms with van der Waals surface area (Å²) >= 11 is 0. The maximum atomic E-state index is 14.2. The van der Waals surface area contributed by atoms with Gasteiger partial charge in [-0.25, -0.2) is 0 Å².